The zero-order chi connectivity index (χ0) is 21.1. The Bertz CT molecular complexity index is 1090. The first kappa shape index (κ1) is 20.1. The van der Waals surface area contributed by atoms with Crippen molar-refractivity contribution < 1.29 is 9.53 Å². The fraction of sp³-hybridized carbons (Fsp3) is 0.348. The molecule has 2 aromatic carbocycles. The lowest BCUT2D eigenvalue weighted by atomic mass is 10.2. The van der Waals surface area contributed by atoms with Gasteiger partial charge in [-0.1, -0.05) is 29.8 Å². The molecule has 1 N–H and O–H groups in total. The molecule has 1 amide bonds. The predicted molar refractivity (Wildman–Crippen MR) is 115 cm³/mol. The molecule has 1 atom stereocenters. The number of hydrogen-bond donors (Lipinski definition) is 1. The second kappa shape index (κ2) is 8.67. The third-order valence-corrected chi connectivity index (χ3v) is 5.40. The Balaban J connectivity index is 1.32. The van der Waals surface area contributed by atoms with Gasteiger partial charge in [-0.15, -0.1) is 0 Å². The van der Waals surface area contributed by atoms with Crippen LogP contribution >= 0.6 is 0 Å². The smallest absolute Gasteiger partial charge is 0.263 e. The van der Waals surface area contributed by atoms with E-state index in [9.17, 15) is 9.59 Å². The Morgan fingerprint density at radius 2 is 1.80 bits per heavy atom. The molecular weight excluding hydrogens is 380 g/mol. The number of hydrogen-bond acceptors (Lipinski definition) is 5. The Kier molecular flexibility index (Phi) is 5.81. The third kappa shape index (κ3) is 4.52. The molecule has 7 heteroatoms. The van der Waals surface area contributed by atoms with Crippen LogP contribution in [-0.2, 0) is 11.3 Å². The zero-order valence-electron chi connectivity index (χ0n) is 17.3. The standard InChI is InChI=1S/C23H26N4O3/c1-16-7-9-18(10-8-16)30-17(2)23(29)27-13-11-26(12-14-27)15-21-24-20-6-4-3-5-19(20)22(28)25-21/h3-10,17H,11-15H2,1-2H3,(H,24,25,28)/t17-/m0/s1. The number of piperazine rings is 1. The van der Waals surface area contributed by atoms with Crippen molar-refractivity contribution in [3.05, 3.63) is 70.3 Å². The molecular formula is C23H26N4O3. The number of amides is 1. The second-order valence-electron chi connectivity index (χ2n) is 7.70. The molecule has 30 heavy (non-hydrogen) atoms. The van der Waals surface area contributed by atoms with Gasteiger partial charge in [0, 0.05) is 26.2 Å². The number of aromatic amines is 1. The van der Waals surface area contributed by atoms with Crippen LogP contribution in [0.25, 0.3) is 10.9 Å². The normalized spacial score (nSPS) is 15.9. The highest BCUT2D eigenvalue weighted by Gasteiger charge is 2.26. The minimum Gasteiger partial charge on any atom is -0.481 e. The highest BCUT2D eigenvalue weighted by Crippen LogP contribution is 2.15. The van der Waals surface area contributed by atoms with Gasteiger partial charge in [-0.25, -0.2) is 4.98 Å². The van der Waals surface area contributed by atoms with E-state index in [2.05, 4.69) is 14.9 Å². The molecule has 7 nitrogen and oxygen atoms in total. The Morgan fingerprint density at radius 1 is 1.10 bits per heavy atom. The maximum atomic E-state index is 12.7. The van der Waals surface area contributed by atoms with Gasteiger partial charge in [0.05, 0.1) is 17.4 Å². The molecule has 0 spiro atoms. The first-order valence-electron chi connectivity index (χ1n) is 10.2. The number of carbonyl (C=O) groups is 1. The van der Waals surface area contributed by atoms with Crippen molar-refractivity contribution >= 4 is 16.8 Å². The van der Waals surface area contributed by atoms with Gasteiger partial charge in [-0.2, -0.15) is 0 Å². The quantitative estimate of drug-likeness (QED) is 0.704. The molecule has 1 aliphatic heterocycles. The third-order valence-electron chi connectivity index (χ3n) is 5.40. The van der Waals surface area contributed by atoms with Gasteiger partial charge in [0.15, 0.2) is 6.10 Å². The van der Waals surface area contributed by atoms with Crippen molar-refractivity contribution in [3.63, 3.8) is 0 Å². The number of aryl methyl sites for hydroxylation is 1. The van der Waals surface area contributed by atoms with Crippen molar-refractivity contribution in [2.75, 3.05) is 26.2 Å². The summed E-state index contributed by atoms with van der Waals surface area (Å²) in [6, 6.07) is 15.0. The SMILES string of the molecule is Cc1ccc(O[C@@H](C)C(=O)N2CCN(Cc3nc4ccccc4c(=O)[nH]3)CC2)cc1. The summed E-state index contributed by atoms with van der Waals surface area (Å²) in [5.41, 5.74) is 1.73. The molecule has 1 aliphatic rings. The van der Waals surface area contributed by atoms with Gasteiger partial charge in [0.2, 0.25) is 0 Å². The Morgan fingerprint density at radius 3 is 2.53 bits per heavy atom. The minimum absolute atomic E-state index is 0.00698. The average molecular weight is 406 g/mol. The van der Waals surface area contributed by atoms with Crippen LogP contribution in [-0.4, -0.2) is 58.0 Å². The van der Waals surface area contributed by atoms with Gasteiger partial charge in [0.25, 0.3) is 11.5 Å². The van der Waals surface area contributed by atoms with Crippen molar-refractivity contribution in [1.82, 2.24) is 19.8 Å². The topological polar surface area (TPSA) is 78.5 Å². The monoisotopic (exact) mass is 406 g/mol. The number of nitrogens with one attached hydrogen (secondary N) is 1. The number of ether oxygens (including phenoxy) is 1. The van der Waals surface area contributed by atoms with Gasteiger partial charge >= 0.3 is 0 Å². The van der Waals surface area contributed by atoms with Crippen LogP contribution in [0.3, 0.4) is 0 Å². The van der Waals surface area contributed by atoms with Gasteiger partial charge < -0.3 is 14.6 Å². The molecule has 4 rings (SSSR count). The van der Waals surface area contributed by atoms with Crippen LogP contribution in [0, 0.1) is 6.92 Å². The van der Waals surface area contributed by atoms with Crippen LogP contribution in [0.1, 0.15) is 18.3 Å². The molecule has 3 aromatic rings. The Hall–Kier alpha value is -3.19. The fourth-order valence-corrected chi connectivity index (χ4v) is 3.68. The number of H-pyrrole nitrogens is 1. The summed E-state index contributed by atoms with van der Waals surface area (Å²) in [4.78, 5) is 36.5. The van der Waals surface area contributed by atoms with E-state index < -0.39 is 6.10 Å². The summed E-state index contributed by atoms with van der Waals surface area (Å²) in [6.07, 6.45) is -0.530. The van der Waals surface area contributed by atoms with Crippen LogP contribution < -0.4 is 10.3 Å². The zero-order valence-corrected chi connectivity index (χ0v) is 17.3. The van der Waals surface area contributed by atoms with Gasteiger partial charge in [-0.3, -0.25) is 14.5 Å². The number of fused-ring (bicyclic) bond motifs is 1. The van der Waals surface area contributed by atoms with E-state index in [0.717, 1.165) is 18.7 Å². The minimum atomic E-state index is -0.530. The van der Waals surface area contributed by atoms with E-state index in [1.54, 1.807) is 13.0 Å². The molecule has 1 saturated heterocycles. The van der Waals surface area contributed by atoms with Crippen LogP contribution in [0.2, 0.25) is 0 Å². The van der Waals surface area contributed by atoms with Crippen molar-refractivity contribution in [2.24, 2.45) is 0 Å². The molecule has 1 aromatic heterocycles. The molecule has 0 aliphatic carbocycles. The summed E-state index contributed by atoms with van der Waals surface area (Å²) in [5.74, 6) is 1.34. The van der Waals surface area contributed by atoms with E-state index in [-0.39, 0.29) is 11.5 Å². The largest absolute Gasteiger partial charge is 0.481 e. The number of aromatic nitrogens is 2. The Labute approximate surface area is 175 Å². The van der Waals surface area contributed by atoms with E-state index >= 15 is 0 Å². The van der Waals surface area contributed by atoms with Crippen LogP contribution in [0.15, 0.2) is 53.3 Å². The van der Waals surface area contributed by atoms with Crippen molar-refractivity contribution in [2.45, 2.75) is 26.5 Å². The van der Waals surface area contributed by atoms with Gasteiger partial charge in [-0.05, 0) is 38.1 Å². The highest BCUT2D eigenvalue weighted by molar-refractivity contribution is 5.81. The average Bonchev–Trinajstić information content (AvgIpc) is 2.75. The molecule has 0 unspecified atom stereocenters. The van der Waals surface area contributed by atoms with Gasteiger partial charge in [0.1, 0.15) is 11.6 Å². The fourth-order valence-electron chi connectivity index (χ4n) is 3.68. The van der Waals surface area contributed by atoms with E-state index in [1.807, 2.05) is 54.3 Å². The highest BCUT2D eigenvalue weighted by atomic mass is 16.5. The first-order valence-corrected chi connectivity index (χ1v) is 10.2. The lowest BCUT2D eigenvalue weighted by molar-refractivity contribution is -0.139. The molecule has 0 bridgehead atoms. The molecule has 1 fully saturated rings. The first-order chi connectivity index (χ1) is 14.5. The lowest BCUT2D eigenvalue weighted by Crippen LogP contribution is -2.51. The van der Waals surface area contributed by atoms with E-state index in [0.29, 0.717) is 42.1 Å². The molecule has 2 heterocycles. The van der Waals surface area contributed by atoms with Crippen LogP contribution in [0.5, 0.6) is 5.75 Å². The number of rotatable bonds is 5. The summed E-state index contributed by atoms with van der Waals surface area (Å²) < 4.78 is 5.81. The number of nitrogens with zero attached hydrogens (tertiary/aromatic N) is 3. The summed E-state index contributed by atoms with van der Waals surface area (Å²) in [5, 5.41) is 0.597. The number of benzene rings is 2. The second-order valence-corrected chi connectivity index (χ2v) is 7.70. The number of carbonyl (C=O) groups excluding carboxylic acids is 1. The van der Waals surface area contributed by atoms with Crippen molar-refractivity contribution in [3.8, 4) is 5.75 Å². The molecule has 0 radical (unpaired) electrons. The lowest BCUT2D eigenvalue weighted by Gasteiger charge is -2.35. The predicted octanol–water partition coefficient (Wildman–Crippen LogP) is 2.34. The van der Waals surface area contributed by atoms with E-state index in [4.69, 9.17) is 4.74 Å². The maximum absolute atomic E-state index is 12.7. The van der Waals surface area contributed by atoms with E-state index in [1.165, 1.54) is 0 Å². The summed E-state index contributed by atoms with van der Waals surface area (Å²) in [7, 11) is 0. The maximum Gasteiger partial charge on any atom is 0.263 e. The number of para-hydroxylation sites is 1. The summed E-state index contributed by atoms with van der Waals surface area (Å²) in [6.45, 7) is 7.05. The summed E-state index contributed by atoms with van der Waals surface area (Å²) >= 11 is 0. The molecule has 0 saturated carbocycles. The molecule has 156 valence electrons. The van der Waals surface area contributed by atoms with Crippen molar-refractivity contribution in [1.29, 1.82) is 0 Å². The van der Waals surface area contributed by atoms with Crippen LogP contribution in [0.4, 0.5) is 0 Å².